The average molecular weight is 370 g/mol. The van der Waals surface area contributed by atoms with Gasteiger partial charge in [0.1, 0.15) is 34.8 Å². The predicted molar refractivity (Wildman–Crippen MR) is 110 cm³/mol. The quantitative estimate of drug-likeness (QED) is 0.512. The molecule has 0 fully saturated rings. The minimum atomic E-state index is -0.302. The summed E-state index contributed by atoms with van der Waals surface area (Å²) in [6, 6.07) is 21.6. The first-order valence-electron chi connectivity index (χ1n) is 8.84. The fourth-order valence-corrected chi connectivity index (χ4v) is 2.99. The van der Waals surface area contributed by atoms with Crippen LogP contribution in [0.1, 0.15) is 11.1 Å². The molecule has 1 aromatic heterocycles. The van der Waals surface area contributed by atoms with Crippen LogP contribution < -0.4 is 10.2 Å². The van der Waals surface area contributed by atoms with Crippen molar-refractivity contribution in [2.75, 3.05) is 0 Å². The highest BCUT2D eigenvalue weighted by atomic mass is 16.5. The van der Waals surface area contributed by atoms with Crippen molar-refractivity contribution in [2.45, 2.75) is 6.61 Å². The SMILES string of the molecule is C=Cc1ccc(COc2cc(O)c3c(=O)cc(-c4ccccc4)oc3c2)cc1. The van der Waals surface area contributed by atoms with Gasteiger partial charge >= 0.3 is 0 Å². The van der Waals surface area contributed by atoms with Gasteiger partial charge < -0.3 is 14.3 Å². The summed E-state index contributed by atoms with van der Waals surface area (Å²) in [5, 5.41) is 10.4. The van der Waals surface area contributed by atoms with Gasteiger partial charge in [0.25, 0.3) is 0 Å². The molecule has 1 N–H and O–H groups in total. The summed E-state index contributed by atoms with van der Waals surface area (Å²) in [7, 11) is 0. The topological polar surface area (TPSA) is 59.7 Å². The lowest BCUT2D eigenvalue weighted by atomic mass is 10.1. The molecule has 0 bridgehead atoms. The maximum Gasteiger partial charge on any atom is 0.197 e. The van der Waals surface area contributed by atoms with Gasteiger partial charge in [-0.05, 0) is 11.1 Å². The molecule has 0 radical (unpaired) electrons. The molecule has 0 amide bonds. The average Bonchev–Trinajstić information content (AvgIpc) is 2.72. The van der Waals surface area contributed by atoms with Crippen molar-refractivity contribution >= 4 is 17.0 Å². The third-order valence-electron chi connectivity index (χ3n) is 4.46. The fraction of sp³-hybridized carbons (Fsp3) is 0.0417. The van der Waals surface area contributed by atoms with E-state index in [2.05, 4.69) is 6.58 Å². The van der Waals surface area contributed by atoms with Gasteiger partial charge in [0.05, 0.1) is 0 Å². The molecule has 0 unspecified atom stereocenters. The van der Waals surface area contributed by atoms with E-state index in [1.165, 1.54) is 12.1 Å². The Hall–Kier alpha value is -3.79. The summed E-state index contributed by atoms with van der Waals surface area (Å²) in [5.41, 5.74) is 2.77. The largest absolute Gasteiger partial charge is 0.507 e. The molecule has 138 valence electrons. The first-order valence-corrected chi connectivity index (χ1v) is 8.84. The summed E-state index contributed by atoms with van der Waals surface area (Å²) < 4.78 is 11.7. The molecular weight excluding hydrogens is 352 g/mol. The molecule has 3 aromatic carbocycles. The van der Waals surface area contributed by atoms with Crippen molar-refractivity contribution < 1.29 is 14.3 Å². The standard InChI is InChI=1S/C24H18O4/c1-2-16-8-10-17(11-9-16)15-27-19-12-20(25)24-21(26)14-22(28-23(24)13-19)18-6-4-3-5-7-18/h2-14,25H,1,15H2. The molecule has 4 rings (SSSR count). The van der Waals surface area contributed by atoms with Crippen LogP contribution in [0.4, 0.5) is 0 Å². The minimum absolute atomic E-state index is 0.141. The van der Waals surface area contributed by atoms with Crippen molar-refractivity contribution in [1.82, 2.24) is 0 Å². The van der Waals surface area contributed by atoms with Crippen molar-refractivity contribution in [3.8, 4) is 22.8 Å². The molecule has 0 atom stereocenters. The maximum absolute atomic E-state index is 12.5. The van der Waals surface area contributed by atoms with E-state index in [4.69, 9.17) is 9.15 Å². The zero-order chi connectivity index (χ0) is 19.5. The Kier molecular flexibility index (Phi) is 4.68. The third-order valence-corrected chi connectivity index (χ3v) is 4.46. The number of aromatic hydroxyl groups is 1. The van der Waals surface area contributed by atoms with Crippen molar-refractivity contribution in [1.29, 1.82) is 0 Å². The van der Waals surface area contributed by atoms with Crippen LogP contribution >= 0.6 is 0 Å². The molecule has 0 aliphatic carbocycles. The summed E-state index contributed by atoms with van der Waals surface area (Å²) >= 11 is 0. The number of hydrogen-bond donors (Lipinski definition) is 1. The lowest BCUT2D eigenvalue weighted by Crippen LogP contribution is -2.02. The van der Waals surface area contributed by atoms with Gasteiger partial charge in [-0.1, -0.05) is 67.3 Å². The highest BCUT2D eigenvalue weighted by Crippen LogP contribution is 2.31. The maximum atomic E-state index is 12.5. The molecule has 1 heterocycles. The molecule has 4 aromatic rings. The molecule has 4 nitrogen and oxygen atoms in total. The predicted octanol–water partition coefficient (Wildman–Crippen LogP) is 5.39. The van der Waals surface area contributed by atoms with Gasteiger partial charge in [-0.2, -0.15) is 0 Å². The number of hydrogen-bond acceptors (Lipinski definition) is 4. The first kappa shape index (κ1) is 17.6. The fourth-order valence-electron chi connectivity index (χ4n) is 2.99. The van der Waals surface area contributed by atoms with Crippen LogP contribution in [0.5, 0.6) is 11.5 Å². The van der Waals surface area contributed by atoms with E-state index in [-0.39, 0.29) is 22.1 Å². The van der Waals surface area contributed by atoms with Crippen LogP contribution in [-0.2, 0) is 6.61 Å². The number of rotatable bonds is 5. The van der Waals surface area contributed by atoms with Crippen LogP contribution in [0, 0.1) is 0 Å². The van der Waals surface area contributed by atoms with Gasteiger partial charge in [-0.15, -0.1) is 0 Å². The van der Waals surface area contributed by atoms with E-state index >= 15 is 0 Å². The summed E-state index contributed by atoms with van der Waals surface area (Å²) in [4.78, 5) is 12.5. The number of phenols is 1. The Labute approximate surface area is 162 Å². The number of phenolic OH excluding ortho intramolecular Hbond substituents is 1. The minimum Gasteiger partial charge on any atom is -0.507 e. The van der Waals surface area contributed by atoms with Crippen molar-refractivity contribution in [3.63, 3.8) is 0 Å². The van der Waals surface area contributed by atoms with E-state index in [9.17, 15) is 9.90 Å². The van der Waals surface area contributed by atoms with Crippen LogP contribution in [0.15, 0.2) is 88.6 Å². The molecule has 0 saturated carbocycles. The van der Waals surface area contributed by atoms with Gasteiger partial charge in [-0.25, -0.2) is 0 Å². The van der Waals surface area contributed by atoms with E-state index in [0.717, 1.165) is 16.7 Å². The van der Waals surface area contributed by atoms with Crippen molar-refractivity contribution in [3.05, 3.63) is 101 Å². The van der Waals surface area contributed by atoms with E-state index in [0.29, 0.717) is 18.1 Å². The van der Waals surface area contributed by atoms with E-state index in [1.54, 1.807) is 12.1 Å². The molecule has 0 saturated heterocycles. The van der Waals surface area contributed by atoms with Crippen LogP contribution in [0.2, 0.25) is 0 Å². The Morgan fingerprint density at radius 2 is 1.75 bits per heavy atom. The second kappa shape index (κ2) is 7.45. The van der Waals surface area contributed by atoms with Gasteiger partial charge in [0, 0.05) is 23.8 Å². The van der Waals surface area contributed by atoms with Crippen LogP contribution in [0.3, 0.4) is 0 Å². The zero-order valence-corrected chi connectivity index (χ0v) is 15.1. The lowest BCUT2D eigenvalue weighted by Gasteiger charge is -2.10. The lowest BCUT2D eigenvalue weighted by molar-refractivity contribution is 0.304. The Morgan fingerprint density at radius 3 is 2.46 bits per heavy atom. The van der Waals surface area contributed by atoms with Gasteiger partial charge in [-0.3, -0.25) is 4.79 Å². The smallest absolute Gasteiger partial charge is 0.197 e. The summed E-state index contributed by atoms with van der Waals surface area (Å²) in [5.74, 6) is 0.698. The number of fused-ring (bicyclic) bond motifs is 1. The molecular formula is C24H18O4. The molecule has 0 spiro atoms. The normalized spacial score (nSPS) is 10.7. The summed E-state index contributed by atoms with van der Waals surface area (Å²) in [6.07, 6.45) is 1.78. The zero-order valence-electron chi connectivity index (χ0n) is 15.1. The summed E-state index contributed by atoms with van der Waals surface area (Å²) in [6.45, 7) is 4.06. The van der Waals surface area contributed by atoms with Crippen molar-refractivity contribution in [2.24, 2.45) is 0 Å². The first-order chi connectivity index (χ1) is 13.6. The number of ether oxygens (including phenoxy) is 1. The second-order valence-electron chi connectivity index (χ2n) is 6.39. The van der Waals surface area contributed by atoms with Gasteiger partial charge in [0.2, 0.25) is 0 Å². The van der Waals surface area contributed by atoms with Gasteiger partial charge in [0.15, 0.2) is 5.43 Å². The highest BCUT2D eigenvalue weighted by Gasteiger charge is 2.13. The van der Waals surface area contributed by atoms with E-state index < -0.39 is 0 Å². The number of benzene rings is 3. The molecule has 28 heavy (non-hydrogen) atoms. The van der Waals surface area contributed by atoms with Crippen LogP contribution in [-0.4, -0.2) is 5.11 Å². The molecule has 4 heteroatoms. The van der Waals surface area contributed by atoms with E-state index in [1.807, 2.05) is 54.6 Å². The monoisotopic (exact) mass is 370 g/mol. The Bertz CT molecular complexity index is 1190. The van der Waals surface area contributed by atoms with Crippen LogP contribution in [0.25, 0.3) is 28.4 Å². The Morgan fingerprint density at radius 1 is 1.00 bits per heavy atom. The molecule has 0 aliphatic rings. The highest BCUT2D eigenvalue weighted by molar-refractivity contribution is 5.86. The second-order valence-corrected chi connectivity index (χ2v) is 6.39. The Balaban J connectivity index is 1.67. The molecule has 0 aliphatic heterocycles. The third kappa shape index (κ3) is 3.53.